The van der Waals surface area contributed by atoms with Gasteiger partial charge in [-0.2, -0.15) is 10.5 Å². The fourth-order valence-electron chi connectivity index (χ4n) is 15.4. The molecule has 0 bridgehead atoms. The van der Waals surface area contributed by atoms with Crippen molar-refractivity contribution >= 4 is 140 Å². The number of hydrogen-bond acceptors (Lipinski definition) is 8. The lowest BCUT2D eigenvalue weighted by Crippen LogP contribution is -2.09. The Bertz CT molecular complexity index is 5610. The summed E-state index contributed by atoms with van der Waals surface area (Å²) >= 11 is 3.43. The van der Waals surface area contributed by atoms with E-state index in [-0.39, 0.29) is 5.57 Å². The highest BCUT2D eigenvalue weighted by Gasteiger charge is 2.33. The van der Waals surface area contributed by atoms with E-state index < -0.39 is 0 Å². The van der Waals surface area contributed by atoms with Crippen molar-refractivity contribution in [1.29, 1.82) is 10.5 Å². The van der Waals surface area contributed by atoms with Crippen LogP contribution in [0.1, 0.15) is 11.1 Å². The highest BCUT2D eigenvalue weighted by atomic mass is 32.1. The van der Waals surface area contributed by atoms with Crippen LogP contribution >= 0.6 is 22.7 Å². The third-order valence-corrected chi connectivity index (χ3v) is 22.6. The van der Waals surface area contributed by atoms with Crippen molar-refractivity contribution in [2.24, 2.45) is 0 Å². The Labute approximate surface area is 622 Å². The minimum absolute atomic E-state index is 0.104. The zero-order valence-corrected chi connectivity index (χ0v) is 58.8. The van der Waals surface area contributed by atoms with Crippen molar-refractivity contribution in [1.82, 2.24) is 9.13 Å². The van der Waals surface area contributed by atoms with E-state index in [1.54, 1.807) is 22.7 Å². The summed E-state index contributed by atoms with van der Waals surface area (Å²) in [6.07, 6.45) is 0. The normalized spacial score (nSPS) is 11.5. The predicted molar refractivity (Wildman–Crippen MR) is 443 cm³/mol. The molecule has 19 rings (SSSR count). The molecule has 1 aliphatic rings. The first-order valence-corrected chi connectivity index (χ1v) is 37.0. The quantitative estimate of drug-likeness (QED) is 0.0898. The molecule has 0 N–H and O–H groups in total. The Morgan fingerprint density at radius 2 is 0.472 bits per heavy atom. The van der Waals surface area contributed by atoms with E-state index in [1.165, 1.54) is 0 Å². The molecule has 0 unspecified atom stereocenters. The van der Waals surface area contributed by atoms with Gasteiger partial charge in [-0.05, 0) is 217 Å². The molecule has 4 aromatic heterocycles. The van der Waals surface area contributed by atoms with Gasteiger partial charge in [-0.25, -0.2) is 0 Å². The van der Waals surface area contributed by atoms with Crippen molar-refractivity contribution in [3.8, 4) is 54.1 Å². The van der Waals surface area contributed by atoms with Gasteiger partial charge in [0.05, 0.1) is 31.8 Å². The topological polar surface area (TPSA) is 70.4 Å². The van der Waals surface area contributed by atoms with Gasteiger partial charge in [0, 0.05) is 128 Å². The number of allylic oxidation sites excluding steroid dienone is 1. The Balaban J connectivity index is 0.687. The molecule has 10 heteroatoms. The van der Waals surface area contributed by atoms with Gasteiger partial charge in [0.2, 0.25) is 0 Å². The lowest BCUT2D eigenvalue weighted by Gasteiger charge is -2.26. The van der Waals surface area contributed by atoms with Crippen LogP contribution in [0.4, 0.5) is 68.2 Å². The number of anilines is 12. The van der Waals surface area contributed by atoms with E-state index in [9.17, 15) is 10.5 Å². The second kappa shape index (κ2) is 26.7. The maximum Gasteiger partial charge on any atom is 0.138 e. The highest BCUT2D eigenvalue weighted by molar-refractivity contribution is 7.26. The Hall–Kier alpha value is -14.0. The number of para-hydroxylation sites is 8. The summed E-state index contributed by atoms with van der Waals surface area (Å²) in [5.41, 5.74) is 23.9. The van der Waals surface area contributed by atoms with Crippen molar-refractivity contribution in [3.63, 3.8) is 0 Å². The number of nitrogens with zero attached hydrogens (tertiary/aromatic N) is 8. The lowest BCUT2D eigenvalue weighted by atomic mass is 10.00. The van der Waals surface area contributed by atoms with E-state index >= 15 is 0 Å². The molecule has 18 aromatic rings. The maximum absolute atomic E-state index is 10.7. The van der Waals surface area contributed by atoms with Crippen molar-refractivity contribution in [2.75, 3.05) is 19.6 Å². The number of hydrogen-bond donors (Lipinski definition) is 0. The monoisotopic (exact) mass is 1390 g/mol. The zero-order valence-electron chi connectivity index (χ0n) is 57.2. The van der Waals surface area contributed by atoms with E-state index in [4.69, 9.17) is 0 Å². The van der Waals surface area contributed by atoms with Crippen LogP contribution < -0.4 is 19.6 Å². The molecule has 0 saturated heterocycles. The third kappa shape index (κ3) is 11.0. The average Bonchev–Trinajstić information content (AvgIpc) is 1.58. The van der Waals surface area contributed by atoms with Crippen LogP contribution in [0.25, 0.3) is 91.2 Å². The van der Waals surface area contributed by atoms with Crippen molar-refractivity contribution in [2.45, 2.75) is 0 Å². The highest BCUT2D eigenvalue weighted by Crippen LogP contribution is 2.57. The number of aromatic nitrogens is 2. The standard InChI is InChI=1S/C96H62N8S2/c97-63-67(64-98)94-86-61-92(65-41-45-76(46-42-65)103-88-53-49-78(99(68-25-9-1-10-26-68)69-27-11-2-12-28-69)57-82(88)83-58-79(50-54-89(83)103)100(70-29-13-3-14-30-70)71-31-15-4-16-32-71)105-95(86)96-87(94)62-93(106-96)66-43-47-77(48-44-66)104-90-55-51-80(101(72-33-17-5-18-34-72)73-35-19-6-20-36-73)59-84(90)85-60-81(52-56-91(85)104)102(74-37-21-7-22-38-74)75-39-23-8-24-40-75/h1-62H. The summed E-state index contributed by atoms with van der Waals surface area (Å²) in [6.45, 7) is 0. The molecule has 14 aromatic carbocycles. The van der Waals surface area contributed by atoms with Gasteiger partial charge in [0.1, 0.15) is 17.7 Å². The lowest BCUT2D eigenvalue weighted by molar-refractivity contribution is 1.18. The SMILES string of the molecule is N#CC(C#N)=C1c2cc(-c3ccc(-n4c5ccc(N(c6ccccc6)c6ccccc6)cc5c5cc(N(c6ccccc6)c6ccccc6)ccc54)cc3)sc2-c2sc(-c3ccc(-n4c5ccc(N(c6ccccc6)c6ccccc6)cc5c5cc(N(c6ccccc6)c6ccccc6)ccc54)cc3)cc21. The molecular formula is C96H62N8S2. The number of thiophene rings is 2. The minimum atomic E-state index is 0.104. The van der Waals surface area contributed by atoms with Crippen LogP contribution in [-0.4, -0.2) is 9.13 Å². The maximum atomic E-state index is 10.7. The molecule has 0 aliphatic heterocycles. The molecule has 498 valence electrons. The minimum Gasteiger partial charge on any atom is -0.310 e. The summed E-state index contributed by atoms with van der Waals surface area (Å²) in [5, 5.41) is 25.8. The van der Waals surface area contributed by atoms with E-state index in [1.807, 2.05) is 0 Å². The Morgan fingerprint density at radius 1 is 0.245 bits per heavy atom. The molecule has 106 heavy (non-hydrogen) atoms. The molecule has 0 fully saturated rings. The molecule has 4 heterocycles. The van der Waals surface area contributed by atoms with Crippen LogP contribution in [0.3, 0.4) is 0 Å². The first-order valence-electron chi connectivity index (χ1n) is 35.3. The Kier molecular flexibility index (Phi) is 15.9. The van der Waals surface area contributed by atoms with Crippen molar-refractivity contribution in [3.05, 3.63) is 393 Å². The smallest absolute Gasteiger partial charge is 0.138 e. The van der Waals surface area contributed by atoms with Crippen LogP contribution in [0.2, 0.25) is 0 Å². The predicted octanol–water partition coefficient (Wildman–Crippen LogP) is 27.0. The summed E-state index contributed by atoms with van der Waals surface area (Å²) in [4.78, 5) is 13.5. The fraction of sp³-hybridized carbons (Fsp3) is 0. The van der Waals surface area contributed by atoms with Gasteiger partial charge >= 0.3 is 0 Å². The second-order valence-corrected chi connectivity index (χ2v) is 28.4. The average molecular weight is 1390 g/mol. The summed E-state index contributed by atoms with van der Waals surface area (Å²) in [7, 11) is 0. The van der Waals surface area contributed by atoms with E-state index in [2.05, 4.69) is 417 Å². The number of rotatable bonds is 16. The van der Waals surface area contributed by atoms with Crippen LogP contribution in [0, 0.1) is 22.7 Å². The zero-order chi connectivity index (χ0) is 70.6. The van der Waals surface area contributed by atoms with Gasteiger partial charge in [-0.15, -0.1) is 22.7 Å². The van der Waals surface area contributed by atoms with Crippen molar-refractivity contribution < 1.29 is 0 Å². The molecule has 0 atom stereocenters. The largest absolute Gasteiger partial charge is 0.310 e. The molecular weight excluding hydrogens is 1330 g/mol. The van der Waals surface area contributed by atoms with Gasteiger partial charge in [0.25, 0.3) is 0 Å². The number of nitriles is 2. The molecule has 8 nitrogen and oxygen atoms in total. The third-order valence-electron chi connectivity index (χ3n) is 20.1. The van der Waals surface area contributed by atoms with Gasteiger partial charge in [-0.1, -0.05) is 170 Å². The molecule has 1 aliphatic carbocycles. The summed E-state index contributed by atoms with van der Waals surface area (Å²) in [6, 6.07) is 139. The van der Waals surface area contributed by atoms with Gasteiger partial charge in [0.15, 0.2) is 0 Å². The molecule has 0 radical (unpaired) electrons. The molecule has 0 spiro atoms. The molecule has 0 saturated carbocycles. The molecule has 0 amide bonds. The summed E-state index contributed by atoms with van der Waals surface area (Å²) in [5.74, 6) is 0. The van der Waals surface area contributed by atoms with E-state index in [0.29, 0.717) is 5.57 Å². The van der Waals surface area contributed by atoms with E-state index in [0.717, 1.165) is 165 Å². The van der Waals surface area contributed by atoms with Gasteiger partial charge < -0.3 is 28.7 Å². The van der Waals surface area contributed by atoms with Crippen LogP contribution in [-0.2, 0) is 0 Å². The number of fused-ring (bicyclic) bond motifs is 9. The first-order chi connectivity index (χ1) is 52.5. The second-order valence-electron chi connectivity index (χ2n) is 26.3. The van der Waals surface area contributed by atoms with Crippen LogP contribution in [0.5, 0.6) is 0 Å². The fourth-order valence-corrected chi connectivity index (χ4v) is 17.9. The van der Waals surface area contributed by atoms with Gasteiger partial charge in [-0.3, -0.25) is 0 Å². The number of benzene rings is 14. The first kappa shape index (κ1) is 63.0. The summed E-state index contributed by atoms with van der Waals surface area (Å²) < 4.78 is 4.76. The Morgan fingerprint density at radius 3 is 0.689 bits per heavy atom. The van der Waals surface area contributed by atoms with Crippen LogP contribution in [0.15, 0.2) is 382 Å².